The second kappa shape index (κ2) is 7.51. The first-order chi connectivity index (χ1) is 12.0. The van der Waals surface area contributed by atoms with E-state index in [1.54, 1.807) is 6.07 Å². The minimum absolute atomic E-state index is 0.0288. The van der Waals surface area contributed by atoms with Crippen molar-refractivity contribution in [2.45, 2.75) is 39.7 Å². The summed E-state index contributed by atoms with van der Waals surface area (Å²) in [4.78, 5) is 23.8. The molecule has 1 aromatic carbocycles. The molecule has 2 heterocycles. The molecule has 132 valence electrons. The number of hydrogen-bond donors (Lipinski definition) is 1. The van der Waals surface area contributed by atoms with Crippen molar-refractivity contribution in [1.82, 2.24) is 9.97 Å². The Morgan fingerprint density at radius 1 is 1.20 bits per heavy atom. The Balaban J connectivity index is 1.82. The van der Waals surface area contributed by atoms with Gasteiger partial charge in [0.25, 0.3) is 5.91 Å². The third-order valence-corrected chi connectivity index (χ3v) is 3.96. The number of anilines is 2. The molecule has 1 aliphatic heterocycles. The third-order valence-electron chi connectivity index (χ3n) is 3.96. The van der Waals surface area contributed by atoms with Crippen LogP contribution >= 0.6 is 0 Å². The van der Waals surface area contributed by atoms with Gasteiger partial charge in [0, 0.05) is 18.8 Å². The Morgan fingerprint density at radius 2 is 1.92 bits per heavy atom. The van der Waals surface area contributed by atoms with Crippen LogP contribution in [0, 0.1) is 6.92 Å². The monoisotopic (exact) mass is 340 g/mol. The first kappa shape index (κ1) is 17.2. The highest BCUT2D eigenvalue weighted by atomic mass is 16.5. The number of amides is 1. The van der Waals surface area contributed by atoms with Crippen molar-refractivity contribution < 1.29 is 9.53 Å². The van der Waals surface area contributed by atoms with Crippen LogP contribution in [0.4, 0.5) is 11.6 Å². The number of benzene rings is 1. The quantitative estimate of drug-likeness (QED) is 0.903. The van der Waals surface area contributed by atoms with Crippen molar-refractivity contribution >= 4 is 17.5 Å². The molecule has 6 nitrogen and oxygen atoms in total. The number of aryl methyl sites for hydroxylation is 1. The first-order valence-electron chi connectivity index (χ1n) is 8.70. The van der Waals surface area contributed by atoms with Crippen molar-refractivity contribution in [2.75, 3.05) is 23.3 Å². The predicted octanol–water partition coefficient (Wildman–Crippen LogP) is 3.42. The van der Waals surface area contributed by atoms with Gasteiger partial charge in [-0.25, -0.2) is 9.97 Å². The summed E-state index contributed by atoms with van der Waals surface area (Å²) in [5.74, 6) is 1.02. The largest absolute Gasteiger partial charge is 0.489 e. The molecule has 2 aromatic rings. The Hall–Kier alpha value is -2.63. The summed E-state index contributed by atoms with van der Waals surface area (Å²) >= 11 is 0. The molecule has 1 aromatic heterocycles. The molecular weight excluding hydrogens is 316 g/mol. The summed E-state index contributed by atoms with van der Waals surface area (Å²) in [6.45, 7) is 7.67. The van der Waals surface area contributed by atoms with Gasteiger partial charge in [-0.3, -0.25) is 4.79 Å². The highest BCUT2D eigenvalue weighted by Gasteiger charge is 2.19. The van der Waals surface area contributed by atoms with Crippen LogP contribution in [-0.2, 0) is 0 Å². The molecule has 25 heavy (non-hydrogen) atoms. The zero-order valence-corrected chi connectivity index (χ0v) is 15.0. The van der Waals surface area contributed by atoms with Crippen molar-refractivity contribution in [3.8, 4) is 5.75 Å². The lowest BCUT2D eigenvalue weighted by Gasteiger charge is -2.17. The number of hydrogen-bond acceptors (Lipinski definition) is 5. The van der Waals surface area contributed by atoms with Gasteiger partial charge in [0.05, 0.1) is 11.8 Å². The van der Waals surface area contributed by atoms with Crippen molar-refractivity contribution in [2.24, 2.45) is 0 Å². The van der Waals surface area contributed by atoms with Crippen molar-refractivity contribution in [3.05, 3.63) is 41.7 Å². The topological polar surface area (TPSA) is 67.3 Å². The Kier molecular flexibility index (Phi) is 5.16. The fourth-order valence-electron chi connectivity index (χ4n) is 2.84. The number of rotatable bonds is 5. The summed E-state index contributed by atoms with van der Waals surface area (Å²) in [5, 5.41) is 2.90. The molecule has 0 unspecified atom stereocenters. The van der Waals surface area contributed by atoms with E-state index in [1.807, 2.05) is 45.0 Å². The summed E-state index contributed by atoms with van der Waals surface area (Å²) in [6, 6.07) is 9.12. The van der Waals surface area contributed by atoms with Crippen LogP contribution in [-0.4, -0.2) is 35.1 Å². The lowest BCUT2D eigenvalue weighted by atomic mass is 10.2. The zero-order valence-electron chi connectivity index (χ0n) is 15.0. The second-order valence-electron chi connectivity index (χ2n) is 6.51. The van der Waals surface area contributed by atoms with Gasteiger partial charge in [0.2, 0.25) is 5.95 Å². The maximum Gasteiger partial charge on any atom is 0.274 e. The van der Waals surface area contributed by atoms with E-state index >= 15 is 0 Å². The zero-order chi connectivity index (χ0) is 17.8. The van der Waals surface area contributed by atoms with Crippen LogP contribution in [0.1, 0.15) is 42.9 Å². The van der Waals surface area contributed by atoms with E-state index in [9.17, 15) is 4.79 Å². The third kappa shape index (κ3) is 4.26. The number of ether oxygens (including phenoxy) is 1. The number of aromatic nitrogens is 2. The van der Waals surface area contributed by atoms with Crippen molar-refractivity contribution in [3.63, 3.8) is 0 Å². The summed E-state index contributed by atoms with van der Waals surface area (Å²) in [5.41, 5.74) is 1.79. The molecule has 0 atom stereocenters. The highest BCUT2D eigenvalue weighted by molar-refractivity contribution is 6.03. The molecular formula is C19H24N4O2. The van der Waals surface area contributed by atoms with Crippen LogP contribution in [0.15, 0.2) is 30.3 Å². The predicted molar refractivity (Wildman–Crippen MR) is 98.4 cm³/mol. The van der Waals surface area contributed by atoms with Crippen LogP contribution in [0.2, 0.25) is 0 Å². The molecule has 6 heteroatoms. The lowest BCUT2D eigenvalue weighted by Crippen LogP contribution is -2.23. The van der Waals surface area contributed by atoms with Gasteiger partial charge >= 0.3 is 0 Å². The minimum Gasteiger partial charge on any atom is -0.489 e. The molecule has 1 fully saturated rings. The molecule has 1 amide bonds. The fraction of sp³-hybridized carbons (Fsp3) is 0.421. The van der Waals surface area contributed by atoms with Gasteiger partial charge in [-0.1, -0.05) is 12.1 Å². The number of nitrogens with one attached hydrogen (secondary N) is 1. The average molecular weight is 340 g/mol. The van der Waals surface area contributed by atoms with Gasteiger partial charge < -0.3 is 15.0 Å². The number of carbonyl (C=O) groups is 1. The molecule has 0 aliphatic carbocycles. The maximum absolute atomic E-state index is 12.7. The van der Waals surface area contributed by atoms with Crippen LogP contribution in [0.3, 0.4) is 0 Å². The van der Waals surface area contributed by atoms with E-state index < -0.39 is 0 Å². The Morgan fingerprint density at radius 3 is 2.64 bits per heavy atom. The molecule has 3 rings (SSSR count). The number of carbonyl (C=O) groups excluding carboxylic acids is 1. The second-order valence-corrected chi connectivity index (χ2v) is 6.51. The normalized spacial score (nSPS) is 14.0. The van der Waals surface area contributed by atoms with Gasteiger partial charge in [-0.05, 0) is 51.8 Å². The van der Waals surface area contributed by atoms with E-state index in [1.165, 1.54) is 0 Å². The molecule has 1 aliphatic rings. The average Bonchev–Trinajstić information content (AvgIpc) is 3.10. The van der Waals surface area contributed by atoms with E-state index in [-0.39, 0.29) is 12.0 Å². The standard InChI is InChI=1S/C19H24N4O2/c1-13(2)25-17-9-5-4-8-15(17)21-18(24)16-12-14(3)20-19(22-16)23-10-6-7-11-23/h4-5,8-9,12-13H,6-7,10-11H2,1-3H3,(H,21,24). The van der Waals surface area contributed by atoms with E-state index in [4.69, 9.17) is 4.74 Å². The highest BCUT2D eigenvalue weighted by Crippen LogP contribution is 2.25. The van der Waals surface area contributed by atoms with Crippen molar-refractivity contribution in [1.29, 1.82) is 0 Å². The Labute approximate surface area is 148 Å². The summed E-state index contributed by atoms with van der Waals surface area (Å²) < 4.78 is 5.76. The molecule has 1 saturated heterocycles. The molecule has 0 saturated carbocycles. The lowest BCUT2D eigenvalue weighted by molar-refractivity contribution is 0.102. The molecule has 0 radical (unpaired) electrons. The Bertz CT molecular complexity index is 755. The maximum atomic E-state index is 12.7. The van der Waals surface area contributed by atoms with Gasteiger partial charge in [0.15, 0.2) is 0 Å². The van der Waals surface area contributed by atoms with Crippen LogP contribution in [0.25, 0.3) is 0 Å². The minimum atomic E-state index is -0.259. The van der Waals surface area contributed by atoms with Gasteiger partial charge in [-0.2, -0.15) is 0 Å². The van der Waals surface area contributed by atoms with Crippen LogP contribution < -0.4 is 15.0 Å². The van der Waals surface area contributed by atoms with E-state index in [2.05, 4.69) is 20.2 Å². The summed E-state index contributed by atoms with van der Waals surface area (Å²) in [7, 11) is 0. The van der Waals surface area contributed by atoms with Crippen LogP contribution in [0.5, 0.6) is 5.75 Å². The first-order valence-corrected chi connectivity index (χ1v) is 8.70. The smallest absolute Gasteiger partial charge is 0.274 e. The van der Waals surface area contributed by atoms with E-state index in [0.717, 1.165) is 31.6 Å². The molecule has 0 spiro atoms. The molecule has 0 bridgehead atoms. The number of para-hydroxylation sites is 2. The van der Waals surface area contributed by atoms with Gasteiger partial charge in [-0.15, -0.1) is 0 Å². The summed E-state index contributed by atoms with van der Waals surface area (Å²) in [6.07, 6.45) is 2.30. The SMILES string of the molecule is Cc1cc(C(=O)Nc2ccccc2OC(C)C)nc(N2CCCC2)n1. The fourth-order valence-corrected chi connectivity index (χ4v) is 2.84. The van der Waals surface area contributed by atoms with Gasteiger partial charge in [0.1, 0.15) is 11.4 Å². The van der Waals surface area contributed by atoms with E-state index in [0.29, 0.717) is 23.1 Å². The number of nitrogens with zero attached hydrogens (tertiary/aromatic N) is 3. The molecule has 1 N–H and O–H groups in total.